The number of nitrogens with one attached hydrogen (secondary N) is 2. The van der Waals surface area contributed by atoms with E-state index in [1.54, 1.807) is 0 Å². The number of piperidine rings is 1. The van der Waals surface area contributed by atoms with Crippen molar-refractivity contribution in [3.05, 3.63) is 12.7 Å². The van der Waals surface area contributed by atoms with E-state index in [2.05, 4.69) is 17.2 Å². The van der Waals surface area contributed by atoms with Crippen molar-refractivity contribution >= 4 is 13.7 Å². The zero-order chi connectivity index (χ0) is 8.97. The van der Waals surface area contributed by atoms with Gasteiger partial charge in [-0.2, -0.15) is 0 Å². The van der Waals surface area contributed by atoms with Gasteiger partial charge in [-0.05, 0) is 13.0 Å². The second-order valence-corrected chi connectivity index (χ2v) is 3.01. The summed E-state index contributed by atoms with van der Waals surface area (Å²) in [5.41, 5.74) is 0. The molecule has 0 aromatic carbocycles. The molecule has 2 unspecified atom stereocenters. The van der Waals surface area contributed by atoms with Crippen LogP contribution in [-0.2, 0) is 0 Å². The lowest BCUT2D eigenvalue weighted by Gasteiger charge is -2.30. The molecule has 0 spiro atoms. The Bertz CT molecular complexity index is 184. The van der Waals surface area contributed by atoms with E-state index in [-0.39, 0.29) is 6.04 Å². The van der Waals surface area contributed by atoms with Crippen LogP contribution in [0.25, 0.3) is 0 Å². The van der Waals surface area contributed by atoms with Crippen molar-refractivity contribution in [2.45, 2.75) is 12.5 Å². The third kappa shape index (κ3) is 2.38. The molecule has 1 aliphatic rings. The smallest absolute Gasteiger partial charge is 0.200 e. The minimum absolute atomic E-state index is 0.154. The Hall–Kier alpha value is -0.765. The Morgan fingerprint density at radius 2 is 2.50 bits per heavy atom. The maximum Gasteiger partial charge on any atom is 0.200 e. The highest BCUT2D eigenvalue weighted by Crippen LogP contribution is 2.11. The molecule has 2 N–H and O–H groups in total. The molecule has 0 saturated carbocycles. The number of carbonyl (C=O) groups is 1. The summed E-state index contributed by atoms with van der Waals surface area (Å²) < 4.78 is 0. The van der Waals surface area contributed by atoms with Crippen molar-refractivity contribution in [1.29, 1.82) is 0 Å². The summed E-state index contributed by atoms with van der Waals surface area (Å²) in [6.45, 7) is 5.51. The fourth-order valence-corrected chi connectivity index (χ4v) is 1.49. The molecule has 1 amide bonds. The van der Waals surface area contributed by atoms with Gasteiger partial charge in [-0.3, -0.25) is 4.79 Å². The van der Waals surface area contributed by atoms with E-state index in [1.165, 1.54) is 0 Å². The van der Waals surface area contributed by atoms with Crippen LogP contribution in [0.3, 0.4) is 0 Å². The minimum atomic E-state index is -0.450. The average Bonchev–Trinajstić information content (AvgIpc) is 2.04. The van der Waals surface area contributed by atoms with Gasteiger partial charge in [0.25, 0.3) is 0 Å². The molecule has 12 heavy (non-hydrogen) atoms. The Labute approximate surface area is 74.0 Å². The predicted octanol–water partition coefficient (Wildman–Crippen LogP) is 0.0286. The van der Waals surface area contributed by atoms with E-state index in [9.17, 15) is 4.79 Å². The van der Waals surface area contributed by atoms with E-state index in [4.69, 9.17) is 7.85 Å². The summed E-state index contributed by atoms with van der Waals surface area (Å²) >= 11 is 0. The van der Waals surface area contributed by atoms with Gasteiger partial charge in [0.05, 0.1) is 0 Å². The first-order valence-electron chi connectivity index (χ1n) is 4.13. The molecule has 2 radical (unpaired) electrons. The molecule has 0 aliphatic carbocycles. The summed E-state index contributed by atoms with van der Waals surface area (Å²) in [4.78, 5) is 10.6. The fraction of sp³-hybridized carbons (Fsp3) is 0.625. The molecule has 0 bridgehead atoms. The van der Waals surface area contributed by atoms with Gasteiger partial charge in [-0.15, -0.1) is 6.58 Å². The summed E-state index contributed by atoms with van der Waals surface area (Å²) in [7, 11) is 5.04. The predicted molar refractivity (Wildman–Crippen MR) is 49.2 cm³/mol. The Balaban J connectivity index is 2.46. The van der Waals surface area contributed by atoms with Gasteiger partial charge in [0, 0.05) is 18.5 Å². The van der Waals surface area contributed by atoms with Crippen LogP contribution in [0.2, 0.25) is 0 Å². The van der Waals surface area contributed by atoms with Crippen LogP contribution in [0.5, 0.6) is 0 Å². The maximum atomic E-state index is 10.6. The standard InChI is InChI=1S/C8H13BN2O/c1-2-6-5-10-4-3-7(6)11-8(9)12/h2,6-7,10H,1,3-5H2,(H,11,12). The lowest BCUT2D eigenvalue weighted by molar-refractivity contribution is 0.247. The number of hydrogen-bond donors (Lipinski definition) is 2. The summed E-state index contributed by atoms with van der Waals surface area (Å²) in [5.74, 6) is -0.153. The highest BCUT2D eigenvalue weighted by Gasteiger charge is 2.22. The quantitative estimate of drug-likeness (QED) is 0.446. The maximum absolute atomic E-state index is 10.6. The highest BCUT2D eigenvalue weighted by atomic mass is 16.1. The molecule has 2 atom stereocenters. The van der Waals surface area contributed by atoms with Crippen molar-refractivity contribution in [2.75, 3.05) is 13.1 Å². The van der Waals surface area contributed by atoms with E-state index in [1.807, 2.05) is 6.08 Å². The molecule has 64 valence electrons. The van der Waals surface area contributed by atoms with Crippen LogP contribution in [0.1, 0.15) is 6.42 Å². The lowest BCUT2D eigenvalue weighted by Crippen LogP contribution is -2.48. The third-order valence-corrected chi connectivity index (χ3v) is 2.16. The molecule has 0 aromatic rings. The number of amides is 1. The van der Waals surface area contributed by atoms with E-state index in [0.717, 1.165) is 19.5 Å². The van der Waals surface area contributed by atoms with Gasteiger partial charge >= 0.3 is 0 Å². The van der Waals surface area contributed by atoms with E-state index in [0.29, 0.717) is 5.92 Å². The highest BCUT2D eigenvalue weighted by molar-refractivity contribution is 6.57. The second-order valence-electron chi connectivity index (χ2n) is 3.01. The fourth-order valence-electron chi connectivity index (χ4n) is 1.49. The van der Waals surface area contributed by atoms with Crippen molar-refractivity contribution in [3.63, 3.8) is 0 Å². The number of hydrogen-bond acceptors (Lipinski definition) is 2. The SMILES string of the molecule is [B]C(=O)NC1CCNCC1C=C. The van der Waals surface area contributed by atoms with Gasteiger partial charge in [-0.1, -0.05) is 6.08 Å². The van der Waals surface area contributed by atoms with Crippen molar-refractivity contribution in [1.82, 2.24) is 10.6 Å². The van der Waals surface area contributed by atoms with Gasteiger partial charge in [0.1, 0.15) is 0 Å². The lowest BCUT2D eigenvalue weighted by atomic mass is 9.92. The largest absolute Gasteiger partial charge is 0.363 e. The molecule has 0 aromatic heterocycles. The Morgan fingerprint density at radius 3 is 3.08 bits per heavy atom. The van der Waals surface area contributed by atoms with Crippen LogP contribution < -0.4 is 10.6 Å². The third-order valence-electron chi connectivity index (χ3n) is 2.16. The van der Waals surface area contributed by atoms with Gasteiger partial charge in [-0.25, -0.2) is 0 Å². The first-order valence-corrected chi connectivity index (χ1v) is 4.13. The van der Waals surface area contributed by atoms with Crippen molar-refractivity contribution in [3.8, 4) is 0 Å². The van der Waals surface area contributed by atoms with Crippen LogP contribution in [-0.4, -0.2) is 32.8 Å². The molecular weight excluding hydrogens is 151 g/mol. The molecular formula is C8H13BN2O. The summed E-state index contributed by atoms with van der Waals surface area (Å²) in [6.07, 6.45) is 2.77. The molecule has 1 saturated heterocycles. The first-order chi connectivity index (χ1) is 5.74. The Kier molecular flexibility index (Phi) is 3.35. The van der Waals surface area contributed by atoms with Crippen LogP contribution >= 0.6 is 0 Å². The van der Waals surface area contributed by atoms with Gasteiger partial charge in [0.15, 0.2) is 5.81 Å². The van der Waals surface area contributed by atoms with Gasteiger partial charge in [0.2, 0.25) is 7.85 Å². The number of carbonyl (C=O) groups excluding carboxylic acids is 1. The molecule has 4 heteroatoms. The molecule has 3 nitrogen and oxygen atoms in total. The molecule has 1 rings (SSSR count). The van der Waals surface area contributed by atoms with Crippen molar-refractivity contribution < 1.29 is 4.79 Å². The molecule has 1 heterocycles. The number of rotatable bonds is 2. The second kappa shape index (κ2) is 4.31. The topological polar surface area (TPSA) is 41.1 Å². The van der Waals surface area contributed by atoms with Crippen LogP contribution in [0.4, 0.5) is 4.79 Å². The van der Waals surface area contributed by atoms with Gasteiger partial charge < -0.3 is 10.6 Å². The molecule has 1 fully saturated rings. The Morgan fingerprint density at radius 1 is 1.75 bits per heavy atom. The van der Waals surface area contributed by atoms with E-state index >= 15 is 0 Å². The van der Waals surface area contributed by atoms with Crippen molar-refractivity contribution in [2.24, 2.45) is 5.92 Å². The van der Waals surface area contributed by atoms with Crippen LogP contribution in [0, 0.1) is 5.92 Å². The minimum Gasteiger partial charge on any atom is -0.363 e. The summed E-state index contributed by atoms with van der Waals surface area (Å²) in [5, 5.41) is 5.94. The molecule has 1 aliphatic heterocycles. The normalized spacial score (nSPS) is 29.3. The first kappa shape index (κ1) is 9.32. The summed E-state index contributed by atoms with van der Waals surface area (Å²) in [6, 6.07) is 0.154. The van der Waals surface area contributed by atoms with Crippen LogP contribution in [0.15, 0.2) is 12.7 Å². The monoisotopic (exact) mass is 164 g/mol. The zero-order valence-electron chi connectivity index (χ0n) is 7.05. The zero-order valence-corrected chi connectivity index (χ0v) is 7.05. The van der Waals surface area contributed by atoms with E-state index < -0.39 is 5.81 Å². The average molecular weight is 164 g/mol.